The summed E-state index contributed by atoms with van der Waals surface area (Å²) in [7, 11) is -3.67. The molecule has 0 unspecified atom stereocenters. The summed E-state index contributed by atoms with van der Waals surface area (Å²) in [4.78, 5) is 14.1. The van der Waals surface area contributed by atoms with Crippen LogP contribution in [-0.4, -0.2) is 22.6 Å². The van der Waals surface area contributed by atoms with Gasteiger partial charge in [0.15, 0.2) is 0 Å². The first-order chi connectivity index (χ1) is 9.98. The highest BCUT2D eigenvalue weighted by molar-refractivity contribution is 7.89. The van der Waals surface area contributed by atoms with E-state index in [0.29, 0.717) is 0 Å². The molecule has 21 heavy (non-hydrogen) atoms. The van der Waals surface area contributed by atoms with E-state index in [2.05, 4.69) is 4.98 Å². The Balaban J connectivity index is 1.90. The molecule has 0 bridgehead atoms. The fourth-order valence-electron chi connectivity index (χ4n) is 2.25. The Morgan fingerprint density at radius 1 is 1.10 bits per heavy atom. The topological polar surface area (TPSA) is 93.4 Å². The largest absolute Gasteiger partial charge is 0.269 e. The minimum absolute atomic E-state index is 0.0499. The van der Waals surface area contributed by atoms with Crippen molar-refractivity contribution in [1.29, 1.82) is 0 Å². The minimum Gasteiger partial charge on any atom is -0.264 e. The second-order valence-corrected chi connectivity index (χ2v) is 6.61. The van der Waals surface area contributed by atoms with Crippen LogP contribution in [0.1, 0.15) is 11.1 Å². The lowest BCUT2D eigenvalue weighted by Gasteiger charge is -2.15. The van der Waals surface area contributed by atoms with Crippen LogP contribution in [0.2, 0.25) is 0 Å². The van der Waals surface area contributed by atoms with Crippen LogP contribution in [0, 0.1) is 10.1 Å². The molecule has 0 atom stereocenters. The maximum Gasteiger partial charge on any atom is 0.269 e. The number of pyridine rings is 1. The zero-order valence-electron chi connectivity index (χ0n) is 10.8. The van der Waals surface area contributed by atoms with E-state index in [-0.39, 0.29) is 23.7 Å². The summed E-state index contributed by atoms with van der Waals surface area (Å²) < 4.78 is 26.4. The number of hydrogen-bond donors (Lipinski definition) is 0. The van der Waals surface area contributed by atoms with E-state index in [4.69, 9.17) is 0 Å². The van der Waals surface area contributed by atoms with Gasteiger partial charge in [-0.05, 0) is 29.3 Å². The van der Waals surface area contributed by atoms with Gasteiger partial charge >= 0.3 is 0 Å². The standard InChI is InChI=1S/C13H11N3O4S/c17-16(18)12-1-3-13(4-2-12)21(19,20)15-8-10-5-6-14-7-11(10)9-15/h1-7H,8-9H2. The van der Waals surface area contributed by atoms with Gasteiger partial charge in [0.25, 0.3) is 5.69 Å². The summed E-state index contributed by atoms with van der Waals surface area (Å²) >= 11 is 0. The van der Waals surface area contributed by atoms with Crippen LogP contribution in [0.5, 0.6) is 0 Å². The SMILES string of the molecule is O=[N+]([O-])c1ccc(S(=O)(=O)N2Cc3ccncc3C2)cc1. The van der Waals surface area contributed by atoms with Crippen molar-refractivity contribution in [3.05, 3.63) is 64.0 Å². The number of benzene rings is 1. The Hall–Kier alpha value is -2.32. The molecule has 0 amide bonds. The summed E-state index contributed by atoms with van der Waals surface area (Å²) in [5, 5.41) is 10.6. The smallest absolute Gasteiger partial charge is 0.264 e. The Morgan fingerprint density at radius 2 is 1.76 bits per heavy atom. The van der Waals surface area contributed by atoms with Crippen molar-refractivity contribution in [1.82, 2.24) is 9.29 Å². The molecule has 0 saturated carbocycles. The number of nitro groups is 1. The van der Waals surface area contributed by atoms with E-state index < -0.39 is 14.9 Å². The van der Waals surface area contributed by atoms with E-state index in [1.165, 1.54) is 28.6 Å². The number of non-ortho nitro benzene ring substituents is 1. The Kier molecular flexibility index (Phi) is 3.19. The van der Waals surface area contributed by atoms with Gasteiger partial charge < -0.3 is 0 Å². The molecule has 1 aliphatic rings. The van der Waals surface area contributed by atoms with Gasteiger partial charge in [0.05, 0.1) is 9.82 Å². The maximum atomic E-state index is 12.5. The Bertz CT molecular complexity index is 777. The van der Waals surface area contributed by atoms with Crippen molar-refractivity contribution >= 4 is 15.7 Å². The summed E-state index contributed by atoms with van der Waals surface area (Å²) in [6.45, 7) is 0.555. The average molecular weight is 305 g/mol. The first kappa shape index (κ1) is 13.7. The van der Waals surface area contributed by atoms with E-state index in [1.807, 2.05) is 0 Å². The van der Waals surface area contributed by atoms with E-state index in [0.717, 1.165) is 11.1 Å². The first-order valence-electron chi connectivity index (χ1n) is 6.15. The van der Waals surface area contributed by atoms with E-state index >= 15 is 0 Å². The van der Waals surface area contributed by atoms with E-state index in [1.54, 1.807) is 18.5 Å². The molecule has 8 heteroatoms. The van der Waals surface area contributed by atoms with Gasteiger partial charge in [-0.15, -0.1) is 0 Å². The molecule has 0 radical (unpaired) electrons. The number of fused-ring (bicyclic) bond motifs is 1. The highest BCUT2D eigenvalue weighted by atomic mass is 32.2. The van der Waals surface area contributed by atoms with Crippen molar-refractivity contribution in [3.63, 3.8) is 0 Å². The third kappa shape index (κ3) is 2.39. The van der Waals surface area contributed by atoms with Crippen LogP contribution < -0.4 is 0 Å². The summed E-state index contributed by atoms with van der Waals surface area (Å²) in [5.41, 5.74) is 1.67. The van der Waals surface area contributed by atoms with Gasteiger partial charge in [0.2, 0.25) is 10.0 Å². The zero-order valence-corrected chi connectivity index (χ0v) is 11.7. The molecule has 0 spiro atoms. The average Bonchev–Trinajstić information content (AvgIpc) is 2.92. The Morgan fingerprint density at radius 3 is 2.38 bits per heavy atom. The van der Waals surface area contributed by atoms with Gasteiger partial charge in [0, 0.05) is 37.6 Å². The predicted octanol–water partition coefficient (Wildman–Crippen LogP) is 1.69. The van der Waals surface area contributed by atoms with Gasteiger partial charge in [-0.25, -0.2) is 8.42 Å². The van der Waals surface area contributed by atoms with Gasteiger partial charge in [-0.1, -0.05) is 0 Å². The number of aromatic nitrogens is 1. The van der Waals surface area contributed by atoms with Crippen LogP contribution in [0.3, 0.4) is 0 Å². The zero-order chi connectivity index (χ0) is 15.0. The highest BCUT2D eigenvalue weighted by Crippen LogP contribution is 2.28. The number of hydrogen-bond acceptors (Lipinski definition) is 5. The minimum atomic E-state index is -3.67. The second-order valence-electron chi connectivity index (χ2n) is 4.67. The maximum absolute atomic E-state index is 12.5. The monoisotopic (exact) mass is 305 g/mol. The van der Waals surface area contributed by atoms with Gasteiger partial charge in [0.1, 0.15) is 0 Å². The summed E-state index contributed by atoms with van der Waals surface area (Å²) in [6, 6.07) is 6.69. The Labute approximate surface area is 121 Å². The molecular weight excluding hydrogens is 294 g/mol. The van der Waals surface area contributed by atoms with Crippen molar-refractivity contribution in [2.24, 2.45) is 0 Å². The van der Waals surface area contributed by atoms with Crippen LogP contribution in [-0.2, 0) is 23.1 Å². The van der Waals surface area contributed by atoms with Crippen molar-refractivity contribution < 1.29 is 13.3 Å². The number of nitro benzene ring substituents is 1. The van der Waals surface area contributed by atoms with Crippen LogP contribution in [0.15, 0.2) is 47.6 Å². The molecule has 2 aromatic rings. The molecule has 0 N–H and O–H groups in total. The molecular formula is C13H11N3O4S. The lowest BCUT2D eigenvalue weighted by molar-refractivity contribution is -0.384. The van der Waals surface area contributed by atoms with Crippen molar-refractivity contribution in [2.75, 3.05) is 0 Å². The quantitative estimate of drug-likeness (QED) is 0.635. The molecule has 1 aromatic heterocycles. The summed E-state index contributed by atoms with van der Waals surface area (Å²) in [6.07, 6.45) is 3.28. The molecule has 3 rings (SSSR count). The lowest BCUT2D eigenvalue weighted by atomic mass is 10.2. The third-order valence-corrected chi connectivity index (χ3v) is 5.19. The fourth-order valence-corrected chi connectivity index (χ4v) is 3.64. The molecule has 0 saturated heterocycles. The van der Waals surface area contributed by atoms with E-state index in [9.17, 15) is 18.5 Å². The van der Waals surface area contributed by atoms with Gasteiger partial charge in [-0.3, -0.25) is 15.1 Å². The third-order valence-electron chi connectivity index (χ3n) is 3.38. The number of sulfonamides is 1. The number of rotatable bonds is 3. The van der Waals surface area contributed by atoms with Crippen molar-refractivity contribution in [2.45, 2.75) is 18.0 Å². The second kappa shape index (κ2) is 4.90. The van der Waals surface area contributed by atoms with Gasteiger partial charge in [-0.2, -0.15) is 4.31 Å². The molecule has 7 nitrogen and oxygen atoms in total. The van der Waals surface area contributed by atoms with Crippen LogP contribution in [0.4, 0.5) is 5.69 Å². The van der Waals surface area contributed by atoms with Crippen LogP contribution in [0.25, 0.3) is 0 Å². The molecule has 0 fully saturated rings. The fraction of sp³-hybridized carbons (Fsp3) is 0.154. The molecule has 1 aromatic carbocycles. The lowest BCUT2D eigenvalue weighted by Crippen LogP contribution is -2.25. The number of nitrogens with zero attached hydrogens (tertiary/aromatic N) is 3. The molecule has 1 aliphatic heterocycles. The first-order valence-corrected chi connectivity index (χ1v) is 7.59. The molecule has 108 valence electrons. The van der Waals surface area contributed by atoms with Crippen molar-refractivity contribution in [3.8, 4) is 0 Å². The summed E-state index contributed by atoms with van der Waals surface area (Å²) in [5.74, 6) is 0. The molecule has 2 heterocycles. The molecule has 0 aliphatic carbocycles. The highest BCUT2D eigenvalue weighted by Gasteiger charge is 2.30. The predicted molar refractivity (Wildman–Crippen MR) is 73.8 cm³/mol. The normalized spacial score (nSPS) is 14.9. The van der Waals surface area contributed by atoms with Crippen LogP contribution >= 0.6 is 0 Å².